The highest BCUT2D eigenvalue weighted by Gasteiger charge is 2.23. The van der Waals surface area contributed by atoms with Crippen molar-refractivity contribution in [3.8, 4) is 0 Å². The van der Waals surface area contributed by atoms with Crippen LogP contribution in [0.15, 0.2) is 30.5 Å². The Hall–Kier alpha value is -1.85. The molecule has 1 aliphatic rings. The van der Waals surface area contributed by atoms with Gasteiger partial charge >= 0.3 is 5.97 Å². The standard InChI is InChI=1S/C17H20ClN3O2/c1-20-15(5-8-19-20)12-6-9-21(10-7-12)11-13-3-2-4-14(16(13)18)17(22)23/h2-5,8,12H,6-7,9-11H2,1H3,(H,22,23). The lowest BCUT2D eigenvalue weighted by Gasteiger charge is -2.32. The highest BCUT2D eigenvalue weighted by molar-refractivity contribution is 6.34. The van der Waals surface area contributed by atoms with Gasteiger partial charge in [0.2, 0.25) is 0 Å². The lowest BCUT2D eigenvalue weighted by molar-refractivity contribution is 0.0697. The van der Waals surface area contributed by atoms with Gasteiger partial charge in [0.05, 0.1) is 10.6 Å². The fraction of sp³-hybridized carbons (Fsp3) is 0.412. The van der Waals surface area contributed by atoms with E-state index in [-0.39, 0.29) is 5.56 Å². The van der Waals surface area contributed by atoms with Gasteiger partial charge < -0.3 is 5.11 Å². The Labute approximate surface area is 140 Å². The summed E-state index contributed by atoms with van der Waals surface area (Å²) < 4.78 is 1.95. The van der Waals surface area contributed by atoms with Crippen molar-refractivity contribution in [3.05, 3.63) is 52.3 Å². The first-order valence-corrected chi connectivity index (χ1v) is 8.15. The second-order valence-electron chi connectivity index (χ2n) is 6.01. The lowest BCUT2D eigenvalue weighted by atomic mass is 9.93. The van der Waals surface area contributed by atoms with Crippen molar-refractivity contribution in [2.24, 2.45) is 7.05 Å². The second-order valence-corrected chi connectivity index (χ2v) is 6.39. The zero-order valence-electron chi connectivity index (χ0n) is 13.1. The molecule has 2 heterocycles. The molecule has 3 rings (SSSR count). The number of halogens is 1. The number of hydrogen-bond donors (Lipinski definition) is 1. The predicted molar refractivity (Wildman–Crippen MR) is 88.9 cm³/mol. The Morgan fingerprint density at radius 2 is 2.09 bits per heavy atom. The molecule has 1 fully saturated rings. The Morgan fingerprint density at radius 3 is 2.70 bits per heavy atom. The molecule has 1 aliphatic heterocycles. The van der Waals surface area contributed by atoms with Crippen LogP contribution < -0.4 is 0 Å². The summed E-state index contributed by atoms with van der Waals surface area (Å²) in [6, 6.07) is 7.30. The second kappa shape index (κ2) is 6.72. The number of hydrogen-bond acceptors (Lipinski definition) is 3. The Morgan fingerprint density at radius 1 is 1.35 bits per heavy atom. The predicted octanol–water partition coefficient (Wildman–Crippen LogP) is 3.15. The van der Waals surface area contributed by atoms with Gasteiger partial charge in [-0.3, -0.25) is 9.58 Å². The third-order valence-corrected chi connectivity index (χ3v) is 5.01. The third-order valence-electron chi connectivity index (χ3n) is 4.57. The summed E-state index contributed by atoms with van der Waals surface area (Å²) in [6.45, 7) is 2.64. The maximum absolute atomic E-state index is 11.2. The quantitative estimate of drug-likeness (QED) is 0.933. The molecular weight excluding hydrogens is 314 g/mol. The van der Waals surface area contributed by atoms with Crippen LogP contribution in [0.3, 0.4) is 0 Å². The molecule has 1 aromatic carbocycles. The maximum atomic E-state index is 11.2. The van der Waals surface area contributed by atoms with E-state index in [1.54, 1.807) is 12.1 Å². The topological polar surface area (TPSA) is 58.4 Å². The van der Waals surface area contributed by atoms with E-state index >= 15 is 0 Å². The van der Waals surface area contributed by atoms with Crippen LogP contribution in [0.25, 0.3) is 0 Å². The van der Waals surface area contributed by atoms with Crippen molar-refractivity contribution in [1.82, 2.24) is 14.7 Å². The van der Waals surface area contributed by atoms with Crippen LogP contribution in [0.5, 0.6) is 0 Å². The van der Waals surface area contributed by atoms with Gasteiger partial charge in [0.25, 0.3) is 0 Å². The first kappa shape index (κ1) is 16.0. The summed E-state index contributed by atoms with van der Waals surface area (Å²) in [7, 11) is 1.98. The molecule has 0 spiro atoms. The molecule has 5 nitrogen and oxygen atoms in total. The Balaban J connectivity index is 1.64. The van der Waals surface area contributed by atoms with E-state index in [2.05, 4.69) is 16.1 Å². The van der Waals surface area contributed by atoms with Crippen LogP contribution in [0.1, 0.15) is 40.4 Å². The van der Waals surface area contributed by atoms with Crippen LogP contribution in [0.2, 0.25) is 5.02 Å². The van der Waals surface area contributed by atoms with Crippen molar-refractivity contribution < 1.29 is 9.90 Å². The van der Waals surface area contributed by atoms with Crippen LogP contribution in [0, 0.1) is 0 Å². The average Bonchev–Trinajstić information content (AvgIpc) is 2.96. The number of aryl methyl sites for hydroxylation is 1. The average molecular weight is 334 g/mol. The number of piperidine rings is 1. The van der Waals surface area contributed by atoms with Crippen LogP contribution in [-0.2, 0) is 13.6 Å². The number of carbonyl (C=O) groups is 1. The molecule has 1 aromatic heterocycles. The SMILES string of the molecule is Cn1nccc1C1CCN(Cc2cccc(C(=O)O)c2Cl)CC1. The highest BCUT2D eigenvalue weighted by Crippen LogP contribution is 2.29. The number of aromatic carboxylic acids is 1. The van der Waals surface area contributed by atoms with Gasteiger partial charge in [-0.1, -0.05) is 23.7 Å². The zero-order chi connectivity index (χ0) is 16.4. The zero-order valence-corrected chi connectivity index (χ0v) is 13.8. The summed E-state index contributed by atoms with van der Waals surface area (Å²) in [4.78, 5) is 13.5. The molecule has 0 bridgehead atoms. The van der Waals surface area contributed by atoms with Crippen LogP contribution >= 0.6 is 11.6 Å². The first-order valence-electron chi connectivity index (χ1n) is 7.77. The molecule has 0 amide bonds. The van der Waals surface area contributed by atoms with Crippen molar-refractivity contribution >= 4 is 17.6 Å². The van der Waals surface area contributed by atoms with Gasteiger partial charge in [-0.15, -0.1) is 0 Å². The number of aromatic nitrogens is 2. The lowest BCUT2D eigenvalue weighted by Crippen LogP contribution is -2.33. The minimum atomic E-state index is -0.980. The van der Waals surface area contributed by atoms with Crippen LogP contribution in [-0.4, -0.2) is 38.8 Å². The minimum absolute atomic E-state index is 0.175. The van der Waals surface area contributed by atoms with Gasteiger partial charge in [0, 0.05) is 31.4 Å². The highest BCUT2D eigenvalue weighted by atomic mass is 35.5. The molecule has 1 N–H and O–H groups in total. The fourth-order valence-electron chi connectivity index (χ4n) is 3.28. The number of nitrogens with zero attached hydrogens (tertiary/aromatic N) is 3. The third kappa shape index (κ3) is 3.41. The molecule has 0 aliphatic carbocycles. The van der Waals surface area contributed by atoms with E-state index in [9.17, 15) is 4.79 Å². The number of benzene rings is 1. The fourth-order valence-corrected chi connectivity index (χ4v) is 3.55. The van der Waals surface area contributed by atoms with E-state index in [0.717, 1.165) is 31.5 Å². The molecule has 2 aromatic rings. The molecular formula is C17H20ClN3O2. The molecule has 122 valence electrons. The summed E-state index contributed by atoms with van der Waals surface area (Å²) in [5, 5.41) is 13.8. The van der Waals surface area contributed by atoms with Crippen molar-refractivity contribution in [2.75, 3.05) is 13.1 Å². The monoisotopic (exact) mass is 333 g/mol. The van der Waals surface area contributed by atoms with E-state index < -0.39 is 5.97 Å². The van der Waals surface area contributed by atoms with Crippen molar-refractivity contribution in [1.29, 1.82) is 0 Å². The molecule has 6 heteroatoms. The molecule has 0 saturated carbocycles. The van der Waals surface area contributed by atoms with E-state index in [1.165, 1.54) is 5.69 Å². The Bertz CT molecular complexity index is 706. The smallest absolute Gasteiger partial charge is 0.337 e. The number of carboxylic acids is 1. The first-order chi connectivity index (χ1) is 11.1. The van der Waals surface area contributed by atoms with E-state index in [0.29, 0.717) is 17.5 Å². The molecule has 0 unspecified atom stereocenters. The Kier molecular flexibility index (Phi) is 4.68. The molecule has 0 radical (unpaired) electrons. The maximum Gasteiger partial charge on any atom is 0.337 e. The molecule has 1 saturated heterocycles. The minimum Gasteiger partial charge on any atom is -0.478 e. The van der Waals surface area contributed by atoms with Crippen LogP contribution in [0.4, 0.5) is 0 Å². The van der Waals surface area contributed by atoms with Gasteiger partial charge in [0.1, 0.15) is 0 Å². The normalized spacial score (nSPS) is 16.6. The summed E-state index contributed by atoms with van der Waals surface area (Å²) in [5.41, 5.74) is 2.34. The molecule has 0 atom stereocenters. The summed E-state index contributed by atoms with van der Waals surface area (Å²) in [5.74, 6) is -0.439. The largest absolute Gasteiger partial charge is 0.478 e. The number of likely N-dealkylation sites (tertiary alicyclic amines) is 1. The van der Waals surface area contributed by atoms with Gasteiger partial charge in [-0.25, -0.2) is 4.79 Å². The van der Waals surface area contributed by atoms with Crippen molar-refractivity contribution in [2.45, 2.75) is 25.3 Å². The number of rotatable bonds is 4. The summed E-state index contributed by atoms with van der Waals surface area (Å²) >= 11 is 6.23. The number of carboxylic acid groups (broad SMARTS) is 1. The summed E-state index contributed by atoms with van der Waals surface area (Å²) in [6.07, 6.45) is 4.00. The van der Waals surface area contributed by atoms with E-state index in [4.69, 9.17) is 16.7 Å². The van der Waals surface area contributed by atoms with E-state index in [1.807, 2.05) is 24.0 Å². The van der Waals surface area contributed by atoms with Gasteiger partial charge in [-0.2, -0.15) is 5.10 Å². The van der Waals surface area contributed by atoms with Gasteiger partial charge in [0.15, 0.2) is 0 Å². The van der Waals surface area contributed by atoms with Crippen molar-refractivity contribution in [3.63, 3.8) is 0 Å². The molecule has 23 heavy (non-hydrogen) atoms. The van der Waals surface area contributed by atoms with Gasteiger partial charge in [-0.05, 0) is 43.6 Å².